The van der Waals surface area contributed by atoms with Crippen molar-refractivity contribution in [3.63, 3.8) is 0 Å². The Morgan fingerprint density at radius 2 is 2.12 bits per heavy atom. The van der Waals surface area contributed by atoms with Crippen LogP contribution >= 0.6 is 11.3 Å². The lowest BCUT2D eigenvalue weighted by molar-refractivity contribution is -0.116. The number of benzene rings is 1. The van der Waals surface area contributed by atoms with Gasteiger partial charge in [-0.25, -0.2) is 4.98 Å². The van der Waals surface area contributed by atoms with Crippen LogP contribution in [0.25, 0.3) is 22.4 Å². The molecule has 0 aliphatic carbocycles. The van der Waals surface area contributed by atoms with Crippen molar-refractivity contribution in [2.45, 2.75) is 12.8 Å². The van der Waals surface area contributed by atoms with Crippen LogP contribution in [-0.2, 0) is 11.2 Å². The van der Waals surface area contributed by atoms with E-state index in [2.05, 4.69) is 15.3 Å². The molecule has 5 nitrogen and oxygen atoms in total. The molecule has 0 saturated heterocycles. The first-order chi connectivity index (χ1) is 12.3. The molecule has 124 valence electrons. The van der Waals surface area contributed by atoms with Crippen LogP contribution in [0, 0.1) is 0 Å². The van der Waals surface area contributed by atoms with Gasteiger partial charge >= 0.3 is 0 Å². The molecule has 1 N–H and O–H groups in total. The number of hydrogen-bond acceptors (Lipinski definition) is 5. The van der Waals surface area contributed by atoms with Crippen LogP contribution in [-0.4, -0.2) is 15.9 Å². The van der Waals surface area contributed by atoms with Crippen molar-refractivity contribution >= 4 is 33.3 Å². The smallest absolute Gasteiger partial charge is 0.226 e. The Morgan fingerprint density at radius 1 is 1.20 bits per heavy atom. The van der Waals surface area contributed by atoms with Crippen molar-refractivity contribution in [1.29, 1.82) is 0 Å². The number of para-hydroxylation sites is 1. The number of amides is 1. The first-order valence-corrected chi connectivity index (χ1v) is 8.79. The molecule has 3 heterocycles. The van der Waals surface area contributed by atoms with Gasteiger partial charge < -0.3 is 9.73 Å². The van der Waals surface area contributed by atoms with E-state index in [1.54, 1.807) is 12.4 Å². The number of hydrogen-bond donors (Lipinski definition) is 1. The predicted molar refractivity (Wildman–Crippen MR) is 98.5 cm³/mol. The summed E-state index contributed by atoms with van der Waals surface area (Å²) in [6.45, 7) is 0. The van der Waals surface area contributed by atoms with E-state index in [0.717, 1.165) is 22.2 Å². The van der Waals surface area contributed by atoms with Gasteiger partial charge in [0.2, 0.25) is 5.91 Å². The highest BCUT2D eigenvalue weighted by Gasteiger charge is 2.12. The number of anilines is 1. The summed E-state index contributed by atoms with van der Waals surface area (Å²) >= 11 is 1.39. The summed E-state index contributed by atoms with van der Waals surface area (Å²) in [4.78, 5) is 20.6. The fraction of sp³-hybridized carbons (Fsp3) is 0.105. The number of nitrogens with one attached hydrogen (secondary N) is 1. The van der Waals surface area contributed by atoms with E-state index >= 15 is 0 Å². The fourth-order valence-corrected chi connectivity index (χ4v) is 3.25. The Hall–Kier alpha value is -2.99. The third-order valence-corrected chi connectivity index (χ3v) is 4.55. The van der Waals surface area contributed by atoms with Crippen LogP contribution in [0.5, 0.6) is 0 Å². The Bertz CT molecular complexity index is 975. The van der Waals surface area contributed by atoms with Gasteiger partial charge in [0.1, 0.15) is 11.3 Å². The van der Waals surface area contributed by atoms with Crippen molar-refractivity contribution in [2.24, 2.45) is 0 Å². The van der Waals surface area contributed by atoms with Crippen LogP contribution in [0.3, 0.4) is 0 Å². The first-order valence-electron chi connectivity index (χ1n) is 7.91. The standard InChI is InChI=1S/C19H15N3O2S/c23-18(8-7-13-4-3-9-20-11-13)22-19-21-15(12-25-19)17-10-14-5-1-2-6-16(14)24-17/h1-6,9-12H,7-8H2,(H,21,22,23). The number of aromatic nitrogens is 2. The van der Waals surface area contributed by atoms with E-state index in [9.17, 15) is 4.79 Å². The number of carbonyl (C=O) groups is 1. The number of aryl methyl sites for hydroxylation is 1. The van der Waals surface area contributed by atoms with Crippen LogP contribution in [0.1, 0.15) is 12.0 Å². The number of pyridine rings is 1. The van der Waals surface area contributed by atoms with Gasteiger partial charge in [-0.15, -0.1) is 11.3 Å². The predicted octanol–water partition coefficient (Wildman–Crippen LogP) is 4.52. The summed E-state index contributed by atoms with van der Waals surface area (Å²) < 4.78 is 5.80. The molecule has 0 unspecified atom stereocenters. The van der Waals surface area contributed by atoms with Crippen LogP contribution in [0.2, 0.25) is 0 Å². The summed E-state index contributed by atoms with van der Waals surface area (Å²) in [5.74, 6) is 0.641. The zero-order valence-electron chi connectivity index (χ0n) is 13.3. The largest absolute Gasteiger partial charge is 0.454 e. The van der Waals surface area contributed by atoms with Crippen molar-refractivity contribution in [3.05, 3.63) is 65.8 Å². The maximum Gasteiger partial charge on any atom is 0.226 e. The lowest BCUT2D eigenvalue weighted by Gasteiger charge is -2.01. The van der Waals surface area contributed by atoms with Crippen molar-refractivity contribution in [1.82, 2.24) is 9.97 Å². The number of thiazole rings is 1. The number of furan rings is 1. The van der Waals surface area contributed by atoms with Crippen LogP contribution in [0.4, 0.5) is 5.13 Å². The van der Waals surface area contributed by atoms with E-state index in [1.165, 1.54) is 11.3 Å². The highest BCUT2D eigenvalue weighted by Crippen LogP contribution is 2.30. The molecule has 0 bridgehead atoms. The SMILES string of the molecule is O=C(CCc1cccnc1)Nc1nc(-c2cc3ccccc3o2)cs1. The molecule has 0 radical (unpaired) electrons. The number of nitrogens with zero attached hydrogens (tertiary/aromatic N) is 2. The molecule has 1 amide bonds. The Balaban J connectivity index is 1.41. The molecule has 0 spiro atoms. The second kappa shape index (κ2) is 6.86. The average Bonchev–Trinajstić information content (AvgIpc) is 3.27. The monoisotopic (exact) mass is 349 g/mol. The molecule has 25 heavy (non-hydrogen) atoms. The molecule has 0 saturated carbocycles. The van der Waals surface area contributed by atoms with E-state index in [0.29, 0.717) is 23.7 Å². The third kappa shape index (κ3) is 3.59. The van der Waals surface area contributed by atoms with E-state index < -0.39 is 0 Å². The minimum atomic E-state index is -0.0608. The number of rotatable bonds is 5. The summed E-state index contributed by atoms with van der Waals surface area (Å²) in [5, 5.41) is 6.34. The first kappa shape index (κ1) is 15.5. The summed E-state index contributed by atoms with van der Waals surface area (Å²) in [5.41, 5.74) is 2.59. The van der Waals surface area contributed by atoms with E-state index in [1.807, 2.05) is 47.8 Å². The van der Waals surface area contributed by atoms with Gasteiger partial charge in [0.05, 0.1) is 0 Å². The van der Waals surface area contributed by atoms with Gasteiger partial charge in [-0.2, -0.15) is 0 Å². The average molecular weight is 349 g/mol. The zero-order chi connectivity index (χ0) is 17.1. The lowest BCUT2D eigenvalue weighted by Crippen LogP contribution is -2.12. The maximum absolute atomic E-state index is 12.1. The summed E-state index contributed by atoms with van der Waals surface area (Å²) in [7, 11) is 0. The zero-order valence-corrected chi connectivity index (χ0v) is 14.1. The van der Waals surface area contributed by atoms with Crippen LogP contribution in [0.15, 0.2) is 64.7 Å². The van der Waals surface area contributed by atoms with Crippen molar-refractivity contribution in [3.8, 4) is 11.5 Å². The maximum atomic E-state index is 12.1. The van der Waals surface area contributed by atoms with Crippen LogP contribution < -0.4 is 5.32 Å². The van der Waals surface area contributed by atoms with Gasteiger partial charge in [0.25, 0.3) is 0 Å². The highest BCUT2D eigenvalue weighted by molar-refractivity contribution is 7.14. The third-order valence-electron chi connectivity index (χ3n) is 3.79. The lowest BCUT2D eigenvalue weighted by atomic mass is 10.1. The van der Waals surface area contributed by atoms with E-state index in [-0.39, 0.29) is 5.91 Å². The van der Waals surface area contributed by atoms with Gasteiger partial charge in [0, 0.05) is 29.6 Å². The van der Waals surface area contributed by atoms with Crippen molar-refractivity contribution in [2.75, 3.05) is 5.32 Å². The van der Waals surface area contributed by atoms with Gasteiger partial charge in [-0.1, -0.05) is 24.3 Å². The van der Waals surface area contributed by atoms with E-state index in [4.69, 9.17) is 4.42 Å². The number of carbonyl (C=O) groups excluding carboxylic acids is 1. The van der Waals surface area contributed by atoms with Crippen molar-refractivity contribution < 1.29 is 9.21 Å². The molecule has 0 atom stereocenters. The Kier molecular flexibility index (Phi) is 4.26. The molecule has 0 fully saturated rings. The highest BCUT2D eigenvalue weighted by atomic mass is 32.1. The van der Waals surface area contributed by atoms with Gasteiger partial charge in [-0.05, 0) is 30.2 Å². The Morgan fingerprint density at radius 3 is 2.96 bits per heavy atom. The quantitative estimate of drug-likeness (QED) is 0.575. The molecule has 4 rings (SSSR count). The molecule has 0 aliphatic heterocycles. The fourth-order valence-electron chi connectivity index (χ4n) is 2.54. The molecule has 1 aromatic carbocycles. The second-order valence-electron chi connectivity index (χ2n) is 5.60. The minimum Gasteiger partial charge on any atom is -0.454 e. The van der Waals surface area contributed by atoms with Gasteiger partial charge in [0.15, 0.2) is 10.9 Å². The Labute approximate surface area is 148 Å². The van der Waals surface area contributed by atoms with Gasteiger partial charge in [-0.3, -0.25) is 9.78 Å². The minimum absolute atomic E-state index is 0.0608. The summed E-state index contributed by atoms with van der Waals surface area (Å²) in [6.07, 6.45) is 4.54. The summed E-state index contributed by atoms with van der Waals surface area (Å²) in [6, 6.07) is 13.6. The molecular formula is C19H15N3O2S. The molecule has 4 aromatic rings. The molecular weight excluding hydrogens is 334 g/mol. The molecule has 0 aliphatic rings. The normalized spacial score (nSPS) is 10.9. The second-order valence-corrected chi connectivity index (χ2v) is 6.45. The molecule has 3 aromatic heterocycles. The molecule has 6 heteroatoms. The number of fused-ring (bicyclic) bond motifs is 1. The topological polar surface area (TPSA) is 68.0 Å².